The topological polar surface area (TPSA) is 82.8 Å². The van der Waals surface area contributed by atoms with E-state index in [4.69, 9.17) is 0 Å². The summed E-state index contributed by atoms with van der Waals surface area (Å²) in [4.78, 5) is 18.7. The maximum atomic E-state index is 12.1. The van der Waals surface area contributed by atoms with Gasteiger partial charge in [-0.25, -0.2) is 9.50 Å². The molecule has 0 radical (unpaired) electrons. The third-order valence-electron chi connectivity index (χ3n) is 3.51. The SMILES string of the molecule is CCN(CC)Cc1cnc2c(C(=O)NC[C@@H](C)O)cnn2c1. The number of nitrogens with one attached hydrogen (secondary N) is 1. The van der Waals surface area contributed by atoms with Crippen LogP contribution in [0.15, 0.2) is 18.6 Å². The van der Waals surface area contributed by atoms with Crippen molar-refractivity contribution in [2.75, 3.05) is 19.6 Å². The van der Waals surface area contributed by atoms with Gasteiger partial charge in [-0.05, 0) is 20.0 Å². The number of rotatable bonds is 7. The van der Waals surface area contributed by atoms with Crippen molar-refractivity contribution >= 4 is 11.6 Å². The van der Waals surface area contributed by atoms with Crippen molar-refractivity contribution in [1.29, 1.82) is 0 Å². The zero-order chi connectivity index (χ0) is 16.1. The van der Waals surface area contributed by atoms with Gasteiger partial charge in [-0.1, -0.05) is 13.8 Å². The van der Waals surface area contributed by atoms with Gasteiger partial charge in [0, 0.05) is 31.0 Å². The van der Waals surface area contributed by atoms with Gasteiger partial charge in [0.1, 0.15) is 5.56 Å². The third-order valence-corrected chi connectivity index (χ3v) is 3.51. The maximum absolute atomic E-state index is 12.1. The van der Waals surface area contributed by atoms with E-state index >= 15 is 0 Å². The molecule has 0 saturated heterocycles. The molecule has 1 amide bonds. The van der Waals surface area contributed by atoms with E-state index in [0.717, 1.165) is 25.2 Å². The number of carbonyl (C=O) groups excluding carboxylic acids is 1. The van der Waals surface area contributed by atoms with E-state index in [0.29, 0.717) is 11.2 Å². The molecule has 0 aromatic carbocycles. The van der Waals surface area contributed by atoms with Crippen LogP contribution in [0.2, 0.25) is 0 Å². The minimum Gasteiger partial charge on any atom is -0.392 e. The Labute approximate surface area is 130 Å². The zero-order valence-corrected chi connectivity index (χ0v) is 13.3. The van der Waals surface area contributed by atoms with Crippen LogP contribution in [0, 0.1) is 0 Å². The van der Waals surface area contributed by atoms with Crippen molar-refractivity contribution in [2.24, 2.45) is 0 Å². The summed E-state index contributed by atoms with van der Waals surface area (Å²) in [7, 11) is 0. The lowest BCUT2D eigenvalue weighted by Crippen LogP contribution is -2.30. The van der Waals surface area contributed by atoms with Crippen LogP contribution >= 0.6 is 0 Å². The lowest BCUT2D eigenvalue weighted by molar-refractivity contribution is 0.0925. The molecule has 0 spiro atoms. The van der Waals surface area contributed by atoms with E-state index in [-0.39, 0.29) is 12.5 Å². The highest BCUT2D eigenvalue weighted by atomic mass is 16.3. The Balaban J connectivity index is 2.17. The molecular weight excluding hydrogens is 282 g/mol. The monoisotopic (exact) mass is 305 g/mol. The number of aliphatic hydroxyl groups excluding tert-OH is 1. The van der Waals surface area contributed by atoms with Crippen LogP contribution in [0.1, 0.15) is 36.7 Å². The molecule has 0 unspecified atom stereocenters. The molecular formula is C15H23N5O2. The minimum absolute atomic E-state index is 0.205. The van der Waals surface area contributed by atoms with Gasteiger partial charge >= 0.3 is 0 Å². The summed E-state index contributed by atoms with van der Waals surface area (Å²) in [6, 6.07) is 0. The largest absolute Gasteiger partial charge is 0.392 e. The molecule has 2 N–H and O–H groups in total. The average molecular weight is 305 g/mol. The van der Waals surface area contributed by atoms with Crippen LogP contribution < -0.4 is 5.32 Å². The highest BCUT2D eigenvalue weighted by molar-refractivity contribution is 5.99. The molecule has 0 bridgehead atoms. The molecule has 0 saturated carbocycles. The molecule has 7 heteroatoms. The first-order valence-corrected chi connectivity index (χ1v) is 7.56. The third kappa shape index (κ3) is 3.80. The number of aromatic nitrogens is 3. The van der Waals surface area contributed by atoms with Crippen molar-refractivity contribution < 1.29 is 9.90 Å². The van der Waals surface area contributed by atoms with Gasteiger partial charge in [0.15, 0.2) is 5.65 Å². The number of nitrogens with zero attached hydrogens (tertiary/aromatic N) is 4. The van der Waals surface area contributed by atoms with Crippen LogP contribution in [0.5, 0.6) is 0 Å². The van der Waals surface area contributed by atoms with Gasteiger partial charge in [-0.3, -0.25) is 9.69 Å². The molecule has 2 aromatic rings. The smallest absolute Gasteiger partial charge is 0.256 e. The Hall–Kier alpha value is -1.99. The Morgan fingerprint density at radius 1 is 1.41 bits per heavy atom. The molecule has 2 aromatic heterocycles. The predicted octanol–water partition coefficient (Wildman–Crippen LogP) is 0.682. The molecule has 7 nitrogen and oxygen atoms in total. The summed E-state index contributed by atoms with van der Waals surface area (Å²) < 4.78 is 1.62. The first kappa shape index (κ1) is 16.4. The highest BCUT2D eigenvalue weighted by Gasteiger charge is 2.14. The predicted molar refractivity (Wildman–Crippen MR) is 83.6 cm³/mol. The Kier molecular flexibility index (Phi) is 5.46. The molecule has 22 heavy (non-hydrogen) atoms. The standard InChI is InChI=1S/C15H23N5O2/c1-4-19(5-2)9-12-7-16-14-13(8-18-20(14)10-12)15(22)17-6-11(3)21/h7-8,10-11,21H,4-6,9H2,1-3H3,(H,17,22)/t11-/m1/s1. The van der Waals surface area contributed by atoms with Crippen LogP contribution in [0.4, 0.5) is 0 Å². The second-order valence-electron chi connectivity index (χ2n) is 5.31. The lowest BCUT2D eigenvalue weighted by Gasteiger charge is -2.17. The molecule has 1 atom stereocenters. The summed E-state index contributed by atoms with van der Waals surface area (Å²) >= 11 is 0. The number of hydrogen-bond donors (Lipinski definition) is 2. The summed E-state index contributed by atoms with van der Waals surface area (Å²) in [5.41, 5.74) is 1.98. The zero-order valence-electron chi connectivity index (χ0n) is 13.3. The second kappa shape index (κ2) is 7.33. The summed E-state index contributed by atoms with van der Waals surface area (Å²) in [5, 5.41) is 16.1. The van der Waals surface area contributed by atoms with Gasteiger partial charge in [-0.15, -0.1) is 0 Å². The van der Waals surface area contributed by atoms with E-state index in [1.165, 1.54) is 6.20 Å². The van der Waals surface area contributed by atoms with Gasteiger partial charge in [0.2, 0.25) is 0 Å². The number of fused-ring (bicyclic) bond motifs is 1. The van der Waals surface area contributed by atoms with Crippen molar-refractivity contribution in [3.05, 3.63) is 29.7 Å². The number of amides is 1. The number of hydrogen-bond acceptors (Lipinski definition) is 5. The number of carbonyl (C=O) groups is 1. The molecule has 2 rings (SSSR count). The maximum Gasteiger partial charge on any atom is 0.256 e. The van der Waals surface area contributed by atoms with Crippen LogP contribution in [-0.4, -0.2) is 56.2 Å². The fraction of sp³-hybridized carbons (Fsp3) is 0.533. The van der Waals surface area contributed by atoms with Crippen molar-refractivity contribution in [2.45, 2.75) is 33.4 Å². The van der Waals surface area contributed by atoms with E-state index < -0.39 is 6.10 Å². The van der Waals surface area contributed by atoms with Gasteiger partial charge in [0.05, 0.1) is 12.3 Å². The van der Waals surface area contributed by atoms with Gasteiger partial charge in [-0.2, -0.15) is 5.10 Å². The highest BCUT2D eigenvalue weighted by Crippen LogP contribution is 2.10. The number of aliphatic hydroxyl groups is 1. The van der Waals surface area contributed by atoms with E-state index in [2.05, 4.69) is 34.1 Å². The van der Waals surface area contributed by atoms with E-state index in [1.54, 1.807) is 17.6 Å². The van der Waals surface area contributed by atoms with Crippen molar-refractivity contribution in [3.63, 3.8) is 0 Å². The fourth-order valence-corrected chi connectivity index (χ4v) is 2.20. The molecule has 2 heterocycles. The summed E-state index contributed by atoms with van der Waals surface area (Å²) in [5.74, 6) is -0.278. The van der Waals surface area contributed by atoms with Crippen molar-refractivity contribution in [1.82, 2.24) is 24.8 Å². The van der Waals surface area contributed by atoms with Crippen LogP contribution in [0.3, 0.4) is 0 Å². The molecule has 0 aliphatic carbocycles. The first-order chi connectivity index (χ1) is 10.5. The van der Waals surface area contributed by atoms with Crippen LogP contribution in [-0.2, 0) is 6.54 Å². The first-order valence-electron chi connectivity index (χ1n) is 7.56. The summed E-state index contributed by atoms with van der Waals surface area (Å²) in [6.45, 7) is 8.81. The minimum atomic E-state index is -0.584. The molecule has 0 aliphatic heterocycles. The quantitative estimate of drug-likeness (QED) is 0.786. The fourth-order valence-electron chi connectivity index (χ4n) is 2.20. The van der Waals surface area contributed by atoms with Crippen LogP contribution in [0.25, 0.3) is 5.65 Å². The van der Waals surface area contributed by atoms with Gasteiger partial charge in [0.25, 0.3) is 5.91 Å². The average Bonchev–Trinajstić information content (AvgIpc) is 2.93. The Morgan fingerprint density at radius 2 is 2.14 bits per heavy atom. The second-order valence-corrected chi connectivity index (χ2v) is 5.31. The Morgan fingerprint density at radius 3 is 2.77 bits per heavy atom. The normalized spacial score (nSPS) is 12.8. The van der Waals surface area contributed by atoms with E-state index in [1.807, 2.05) is 6.20 Å². The molecule has 0 aliphatic rings. The Bertz CT molecular complexity index is 634. The van der Waals surface area contributed by atoms with Crippen molar-refractivity contribution in [3.8, 4) is 0 Å². The summed E-state index contributed by atoms with van der Waals surface area (Å²) in [6.07, 6.45) is 4.59. The molecule has 0 fully saturated rings. The van der Waals surface area contributed by atoms with Gasteiger partial charge < -0.3 is 10.4 Å². The van der Waals surface area contributed by atoms with E-state index in [9.17, 15) is 9.90 Å². The lowest BCUT2D eigenvalue weighted by atomic mass is 10.3. The molecule has 120 valence electrons.